The zero-order valence-electron chi connectivity index (χ0n) is 20.1. The van der Waals surface area contributed by atoms with Gasteiger partial charge in [0.15, 0.2) is 5.79 Å². The number of nitrogens with zero attached hydrogens (tertiary/aromatic N) is 2. The van der Waals surface area contributed by atoms with Crippen LogP contribution in [0.5, 0.6) is 5.75 Å². The van der Waals surface area contributed by atoms with Crippen molar-refractivity contribution in [2.45, 2.75) is 44.0 Å². The highest BCUT2D eigenvalue weighted by molar-refractivity contribution is 6.30. The number of hydrogen-bond donors (Lipinski definition) is 0. The number of piperidine rings is 1. The van der Waals surface area contributed by atoms with E-state index in [2.05, 4.69) is 16.8 Å². The molecule has 0 N–H and O–H groups in total. The Morgan fingerprint density at radius 2 is 1.76 bits per heavy atom. The molecule has 0 radical (unpaired) electrons. The van der Waals surface area contributed by atoms with Gasteiger partial charge in [-0.3, -0.25) is 0 Å². The Labute approximate surface area is 207 Å². The monoisotopic (exact) mass is 490 g/mol. The van der Waals surface area contributed by atoms with Crippen LogP contribution in [0, 0.1) is 5.82 Å². The van der Waals surface area contributed by atoms with Crippen molar-refractivity contribution in [1.82, 2.24) is 9.80 Å². The molecule has 0 unspecified atom stereocenters. The highest BCUT2D eigenvalue weighted by Crippen LogP contribution is 2.36. The smallest absolute Gasteiger partial charge is 0.195 e. The normalized spacial score (nSPS) is 19.1. The predicted octanol–water partition coefficient (Wildman–Crippen LogP) is 5.32. The number of rotatable bonds is 11. The average Bonchev–Trinajstić information content (AvgIpc) is 3.31. The Bertz CT molecular complexity index is 884. The SMILES string of the molecule is CN(CCCN1CCC(Oc2cccc(Cl)c2)CC1)CCCC1(c2ccc(F)cc2)OCCO1. The van der Waals surface area contributed by atoms with Crippen LogP contribution in [0.1, 0.15) is 37.7 Å². The fraction of sp³-hybridized carbons (Fsp3) is 0.556. The van der Waals surface area contributed by atoms with Crippen LogP contribution in [-0.4, -0.2) is 68.9 Å². The van der Waals surface area contributed by atoms with E-state index in [1.807, 2.05) is 24.3 Å². The Balaban J connectivity index is 1.11. The fourth-order valence-corrected chi connectivity index (χ4v) is 5.04. The van der Waals surface area contributed by atoms with Crippen LogP contribution < -0.4 is 4.74 Å². The van der Waals surface area contributed by atoms with Gasteiger partial charge in [-0.2, -0.15) is 0 Å². The Morgan fingerprint density at radius 1 is 1.06 bits per heavy atom. The minimum absolute atomic E-state index is 0.241. The first-order valence-corrected chi connectivity index (χ1v) is 12.8. The standard InChI is InChI=1S/C27H36ClFN2O3/c1-30(14-3-13-27(32-19-20-33-27)22-7-9-24(29)10-8-22)15-4-16-31-17-11-25(12-18-31)34-26-6-2-5-23(28)21-26/h2,5-10,21,25H,3-4,11-20H2,1H3. The number of likely N-dealkylation sites (tertiary alicyclic amines) is 1. The van der Waals surface area contributed by atoms with Gasteiger partial charge in [0.05, 0.1) is 13.2 Å². The second-order valence-electron chi connectivity index (χ2n) is 9.33. The van der Waals surface area contributed by atoms with Crippen molar-refractivity contribution >= 4 is 11.6 Å². The molecule has 2 heterocycles. The van der Waals surface area contributed by atoms with E-state index in [-0.39, 0.29) is 11.9 Å². The maximum Gasteiger partial charge on any atom is 0.195 e. The molecular formula is C27H36ClFN2O3. The van der Waals surface area contributed by atoms with Crippen LogP contribution in [-0.2, 0) is 15.3 Å². The summed E-state index contributed by atoms with van der Waals surface area (Å²) in [5.74, 6) is -0.108. The molecule has 186 valence electrons. The summed E-state index contributed by atoms with van der Waals surface area (Å²) in [5, 5.41) is 0.716. The minimum Gasteiger partial charge on any atom is -0.490 e. The van der Waals surface area contributed by atoms with Crippen molar-refractivity contribution in [2.24, 2.45) is 0 Å². The van der Waals surface area contributed by atoms with Gasteiger partial charge in [-0.05, 0) is 82.7 Å². The quantitative estimate of drug-likeness (QED) is 0.425. The highest BCUT2D eigenvalue weighted by atomic mass is 35.5. The molecule has 2 aromatic rings. The van der Waals surface area contributed by atoms with E-state index in [1.54, 1.807) is 12.1 Å². The molecular weight excluding hydrogens is 455 g/mol. The second-order valence-corrected chi connectivity index (χ2v) is 9.77. The lowest BCUT2D eigenvalue weighted by atomic mass is 10.0. The maximum absolute atomic E-state index is 13.3. The Kier molecular flexibility index (Phi) is 9.20. The molecule has 0 atom stereocenters. The van der Waals surface area contributed by atoms with E-state index >= 15 is 0 Å². The highest BCUT2D eigenvalue weighted by Gasteiger charge is 2.38. The van der Waals surface area contributed by atoms with Crippen molar-refractivity contribution in [1.29, 1.82) is 0 Å². The number of benzene rings is 2. The van der Waals surface area contributed by atoms with E-state index in [4.69, 9.17) is 25.8 Å². The van der Waals surface area contributed by atoms with Gasteiger partial charge in [0, 0.05) is 30.1 Å². The van der Waals surface area contributed by atoms with Crippen LogP contribution in [0.2, 0.25) is 5.02 Å². The van der Waals surface area contributed by atoms with Gasteiger partial charge in [0.2, 0.25) is 0 Å². The number of ether oxygens (including phenoxy) is 3. The first-order valence-electron chi connectivity index (χ1n) is 12.4. The molecule has 0 aliphatic carbocycles. The summed E-state index contributed by atoms with van der Waals surface area (Å²) in [7, 11) is 2.17. The molecule has 2 fully saturated rings. The van der Waals surface area contributed by atoms with Gasteiger partial charge in [-0.25, -0.2) is 4.39 Å². The first-order chi connectivity index (χ1) is 16.5. The number of halogens is 2. The lowest BCUT2D eigenvalue weighted by molar-refractivity contribution is -0.172. The zero-order valence-corrected chi connectivity index (χ0v) is 20.8. The van der Waals surface area contributed by atoms with Crippen LogP contribution in [0.25, 0.3) is 0 Å². The van der Waals surface area contributed by atoms with E-state index in [0.717, 1.165) is 76.1 Å². The van der Waals surface area contributed by atoms with Gasteiger partial charge in [-0.1, -0.05) is 29.8 Å². The van der Waals surface area contributed by atoms with Crippen LogP contribution in [0.4, 0.5) is 4.39 Å². The molecule has 4 rings (SSSR count). The zero-order chi connectivity index (χ0) is 23.8. The van der Waals surface area contributed by atoms with Crippen molar-refractivity contribution in [2.75, 3.05) is 53.0 Å². The molecule has 7 heteroatoms. The first kappa shape index (κ1) is 25.4. The van der Waals surface area contributed by atoms with Crippen molar-refractivity contribution in [3.63, 3.8) is 0 Å². The van der Waals surface area contributed by atoms with Crippen LogP contribution >= 0.6 is 11.6 Å². The Morgan fingerprint density at radius 3 is 2.47 bits per heavy atom. The predicted molar refractivity (Wildman–Crippen MR) is 133 cm³/mol. The summed E-state index contributed by atoms with van der Waals surface area (Å²) < 4.78 is 31.4. The van der Waals surface area contributed by atoms with E-state index < -0.39 is 5.79 Å². The van der Waals surface area contributed by atoms with Crippen molar-refractivity contribution < 1.29 is 18.6 Å². The summed E-state index contributed by atoms with van der Waals surface area (Å²) in [6, 6.07) is 14.1. The third-order valence-electron chi connectivity index (χ3n) is 6.73. The summed E-state index contributed by atoms with van der Waals surface area (Å²) in [6.45, 7) is 6.45. The largest absolute Gasteiger partial charge is 0.490 e. The maximum atomic E-state index is 13.3. The second kappa shape index (κ2) is 12.3. The summed E-state index contributed by atoms with van der Waals surface area (Å²) >= 11 is 6.06. The summed E-state index contributed by atoms with van der Waals surface area (Å²) in [6.07, 6.45) is 5.24. The average molecular weight is 491 g/mol. The lowest BCUT2D eigenvalue weighted by Crippen LogP contribution is -2.39. The molecule has 2 aromatic carbocycles. The molecule has 0 bridgehead atoms. The molecule has 0 amide bonds. The van der Waals surface area contributed by atoms with Crippen LogP contribution in [0.3, 0.4) is 0 Å². The molecule has 0 saturated carbocycles. The topological polar surface area (TPSA) is 34.2 Å². The summed E-state index contributed by atoms with van der Waals surface area (Å²) in [5.41, 5.74) is 0.900. The van der Waals surface area contributed by atoms with Crippen LogP contribution in [0.15, 0.2) is 48.5 Å². The molecule has 34 heavy (non-hydrogen) atoms. The molecule has 2 saturated heterocycles. The van der Waals surface area contributed by atoms with Gasteiger partial charge < -0.3 is 24.0 Å². The van der Waals surface area contributed by atoms with E-state index in [9.17, 15) is 4.39 Å². The third-order valence-corrected chi connectivity index (χ3v) is 6.97. The Hall–Kier alpha value is -1.70. The molecule has 2 aliphatic heterocycles. The third kappa shape index (κ3) is 7.15. The van der Waals surface area contributed by atoms with E-state index in [0.29, 0.717) is 18.2 Å². The molecule has 0 aromatic heterocycles. The van der Waals surface area contributed by atoms with E-state index in [1.165, 1.54) is 12.1 Å². The van der Waals surface area contributed by atoms with Gasteiger partial charge in [-0.15, -0.1) is 0 Å². The van der Waals surface area contributed by atoms with Gasteiger partial charge >= 0.3 is 0 Å². The van der Waals surface area contributed by atoms with Gasteiger partial charge in [0.1, 0.15) is 17.7 Å². The summed E-state index contributed by atoms with van der Waals surface area (Å²) in [4.78, 5) is 4.91. The minimum atomic E-state index is -0.730. The van der Waals surface area contributed by atoms with Gasteiger partial charge in [0.25, 0.3) is 0 Å². The number of hydrogen-bond acceptors (Lipinski definition) is 5. The molecule has 5 nitrogen and oxygen atoms in total. The molecule has 0 spiro atoms. The van der Waals surface area contributed by atoms with Crippen molar-refractivity contribution in [3.8, 4) is 5.75 Å². The lowest BCUT2D eigenvalue weighted by Gasteiger charge is -2.32. The van der Waals surface area contributed by atoms with Crippen molar-refractivity contribution in [3.05, 3.63) is 64.9 Å². The molecule has 2 aliphatic rings. The fourth-order valence-electron chi connectivity index (χ4n) is 4.86.